The van der Waals surface area contributed by atoms with Gasteiger partial charge in [-0.2, -0.15) is 0 Å². The summed E-state index contributed by atoms with van der Waals surface area (Å²) in [5, 5.41) is 4.87. The predicted molar refractivity (Wildman–Crippen MR) is 92.4 cm³/mol. The Labute approximate surface area is 128 Å². The predicted octanol–water partition coefficient (Wildman–Crippen LogP) is 4.95. The van der Waals surface area contributed by atoms with E-state index in [1.165, 1.54) is 21.5 Å². The van der Waals surface area contributed by atoms with Gasteiger partial charge in [0, 0.05) is 24.0 Å². The zero-order valence-corrected chi connectivity index (χ0v) is 12.0. The highest BCUT2D eigenvalue weighted by atomic mass is 14.6. The second kappa shape index (κ2) is 5.41. The largest absolute Gasteiger partial charge is 0.264 e. The molecule has 2 aromatic carbocycles. The molecule has 0 N–H and O–H groups in total. The lowest BCUT2D eigenvalue weighted by molar-refractivity contribution is 1.30. The van der Waals surface area contributed by atoms with Crippen molar-refractivity contribution in [3.05, 3.63) is 84.4 Å². The molecule has 0 bridgehead atoms. The van der Waals surface area contributed by atoms with Gasteiger partial charge in [0.1, 0.15) is 0 Å². The molecule has 2 heterocycles. The fourth-order valence-corrected chi connectivity index (χ4v) is 2.67. The van der Waals surface area contributed by atoms with E-state index < -0.39 is 0 Å². The van der Waals surface area contributed by atoms with Crippen LogP contribution in [-0.4, -0.2) is 9.97 Å². The summed E-state index contributed by atoms with van der Waals surface area (Å²) in [7, 11) is 0. The van der Waals surface area contributed by atoms with Crippen molar-refractivity contribution in [2.24, 2.45) is 0 Å². The Hall–Kier alpha value is -3.00. The molecule has 0 unspecified atom stereocenters. The molecule has 2 aromatic heterocycles. The summed E-state index contributed by atoms with van der Waals surface area (Å²) in [6.07, 6.45) is 9.70. The van der Waals surface area contributed by atoms with Crippen molar-refractivity contribution in [1.82, 2.24) is 9.97 Å². The van der Waals surface area contributed by atoms with Gasteiger partial charge in [-0.25, -0.2) is 0 Å². The number of aromatic nitrogens is 2. The van der Waals surface area contributed by atoms with Crippen LogP contribution in [0.1, 0.15) is 11.3 Å². The number of nitrogens with zero attached hydrogens (tertiary/aromatic N) is 2. The molecule has 0 radical (unpaired) electrons. The summed E-state index contributed by atoms with van der Waals surface area (Å²) >= 11 is 0. The molecule has 22 heavy (non-hydrogen) atoms. The maximum atomic E-state index is 4.31. The van der Waals surface area contributed by atoms with Crippen molar-refractivity contribution in [2.45, 2.75) is 0 Å². The fourth-order valence-electron chi connectivity index (χ4n) is 2.67. The van der Waals surface area contributed by atoms with E-state index in [0.29, 0.717) is 0 Å². The lowest BCUT2D eigenvalue weighted by Crippen LogP contribution is -1.81. The van der Waals surface area contributed by atoms with E-state index in [-0.39, 0.29) is 0 Å². The molecular formula is C20H14N2. The van der Waals surface area contributed by atoms with Crippen LogP contribution >= 0.6 is 0 Å². The molecular weight excluding hydrogens is 268 g/mol. The molecule has 0 saturated heterocycles. The van der Waals surface area contributed by atoms with E-state index in [1.807, 2.05) is 42.7 Å². The normalized spacial score (nSPS) is 11.5. The third-order valence-corrected chi connectivity index (χ3v) is 3.80. The monoisotopic (exact) mass is 282 g/mol. The molecule has 0 spiro atoms. The van der Waals surface area contributed by atoms with Crippen molar-refractivity contribution >= 4 is 33.7 Å². The van der Waals surface area contributed by atoms with Crippen LogP contribution in [0.25, 0.3) is 33.7 Å². The van der Waals surface area contributed by atoms with E-state index >= 15 is 0 Å². The van der Waals surface area contributed by atoms with Gasteiger partial charge in [-0.3, -0.25) is 9.97 Å². The number of pyridine rings is 2. The molecule has 0 amide bonds. The smallest absolute Gasteiger partial charge is 0.0629 e. The van der Waals surface area contributed by atoms with Gasteiger partial charge in [0.15, 0.2) is 0 Å². The van der Waals surface area contributed by atoms with Gasteiger partial charge in [0.2, 0.25) is 0 Å². The summed E-state index contributed by atoms with van der Waals surface area (Å²) in [4.78, 5) is 8.57. The topological polar surface area (TPSA) is 25.8 Å². The molecule has 4 aromatic rings. The zero-order chi connectivity index (χ0) is 14.8. The highest BCUT2D eigenvalue weighted by Crippen LogP contribution is 2.26. The van der Waals surface area contributed by atoms with Crippen LogP contribution < -0.4 is 0 Å². The molecule has 2 nitrogen and oxygen atoms in total. The van der Waals surface area contributed by atoms with Crippen LogP contribution in [0.3, 0.4) is 0 Å². The van der Waals surface area contributed by atoms with Gasteiger partial charge in [-0.05, 0) is 52.1 Å². The van der Waals surface area contributed by atoms with E-state index in [4.69, 9.17) is 0 Å². The van der Waals surface area contributed by atoms with Crippen LogP contribution in [0.4, 0.5) is 0 Å². The number of fused-ring (bicyclic) bond motifs is 3. The SMILES string of the molecule is C(=C\c1ccccn1)/c1ccc2ccc3ccncc3c2c1. The summed E-state index contributed by atoms with van der Waals surface area (Å²) in [6, 6.07) is 18.7. The average Bonchev–Trinajstić information content (AvgIpc) is 2.60. The molecule has 4 rings (SSSR count). The van der Waals surface area contributed by atoms with Crippen molar-refractivity contribution in [2.75, 3.05) is 0 Å². The molecule has 0 atom stereocenters. The number of hydrogen-bond acceptors (Lipinski definition) is 2. The van der Waals surface area contributed by atoms with Crippen molar-refractivity contribution in [1.29, 1.82) is 0 Å². The first kappa shape index (κ1) is 12.7. The van der Waals surface area contributed by atoms with Gasteiger partial charge < -0.3 is 0 Å². The van der Waals surface area contributed by atoms with E-state index in [9.17, 15) is 0 Å². The Morgan fingerprint density at radius 2 is 1.59 bits per heavy atom. The van der Waals surface area contributed by atoms with Crippen LogP contribution in [-0.2, 0) is 0 Å². The summed E-state index contributed by atoms with van der Waals surface area (Å²) in [5.41, 5.74) is 2.12. The standard InChI is InChI=1S/C20H14N2/c1-2-11-22-18(3-1)9-5-15-4-6-16-7-8-17-10-12-21-14-20(17)19(16)13-15/h1-14H/b9-5+. The first-order valence-electron chi connectivity index (χ1n) is 7.26. The molecule has 2 heteroatoms. The van der Waals surface area contributed by atoms with E-state index in [2.05, 4.69) is 46.4 Å². The first-order valence-corrected chi connectivity index (χ1v) is 7.26. The maximum Gasteiger partial charge on any atom is 0.0629 e. The molecule has 0 saturated carbocycles. The van der Waals surface area contributed by atoms with Crippen LogP contribution in [0.5, 0.6) is 0 Å². The third-order valence-electron chi connectivity index (χ3n) is 3.80. The fraction of sp³-hybridized carbons (Fsp3) is 0. The third kappa shape index (κ3) is 2.35. The second-order valence-corrected chi connectivity index (χ2v) is 5.23. The van der Waals surface area contributed by atoms with Gasteiger partial charge in [-0.15, -0.1) is 0 Å². The van der Waals surface area contributed by atoms with Gasteiger partial charge in [0.25, 0.3) is 0 Å². The molecule has 0 aliphatic rings. The van der Waals surface area contributed by atoms with E-state index in [0.717, 1.165) is 11.3 Å². The Morgan fingerprint density at radius 1 is 0.727 bits per heavy atom. The van der Waals surface area contributed by atoms with Crippen LogP contribution in [0.2, 0.25) is 0 Å². The van der Waals surface area contributed by atoms with Crippen molar-refractivity contribution in [3.8, 4) is 0 Å². The molecule has 0 aliphatic carbocycles. The minimum absolute atomic E-state index is 0.960. The first-order chi connectivity index (χ1) is 10.9. The Morgan fingerprint density at radius 3 is 2.45 bits per heavy atom. The van der Waals surface area contributed by atoms with Crippen LogP contribution in [0, 0.1) is 0 Å². The Balaban J connectivity index is 1.83. The van der Waals surface area contributed by atoms with Crippen LogP contribution in [0.15, 0.2) is 73.2 Å². The maximum absolute atomic E-state index is 4.31. The van der Waals surface area contributed by atoms with Gasteiger partial charge in [0.05, 0.1) is 5.69 Å². The van der Waals surface area contributed by atoms with Gasteiger partial charge in [-0.1, -0.05) is 36.4 Å². The molecule has 0 fully saturated rings. The minimum atomic E-state index is 0.960. The van der Waals surface area contributed by atoms with Crippen molar-refractivity contribution < 1.29 is 0 Å². The quantitative estimate of drug-likeness (QED) is 0.486. The number of rotatable bonds is 2. The van der Waals surface area contributed by atoms with E-state index in [1.54, 1.807) is 6.20 Å². The Bertz CT molecular complexity index is 972. The number of benzene rings is 2. The minimum Gasteiger partial charge on any atom is -0.264 e. The Kier molecular flexibility index (Phi) is 3.13. The van der Waals surface area contributed by atoms with Crippen molar-refractivity contribution in [3.63, 3.8) is 0 Å². The zero-order valence-electron chi connectivity index (χ0n) is 12.0. The summed E-state index contributed by atoms with van der Waals surface area (Å²) in [6.45, 7) is 0. The average molecular weight is 282 g/mol. The number of hydrogen-bond donors (Lipinski definition) is 0. The molecule has 104 valence electrons. The summed E-state index contributed by atoms with van der Waals surface area (Å²) in [5.74, 6) is 0. The van der Waals surface area contributed by atoms with Gasteiger partial charge >= 0.3 is 0 Å². The lowest BCUT2D eigenvalue weighted by atomic mass is 10.0. The second-order valence-electron chi connectivity index (χ2n) is 5.23. The molecule has 0 aliphatic heterocycles. The lowest BCUT2D eigenvalue weighted by Gasteiger charge is -2.04. The summed E-state index contributed by atoms with van der Waals surface area (Å²) < 4.78 is 0. The highest BCUT2D eigenvalue weighted by molar-refractivity contribution is 6.07. The highest BCUT2D eigenvalue weighted by Gasteiger charge is 2.01.